The zero-order chi connectivity index (χ0) is 23.9. The molecule has 1 aliphatic rings. The van der Waals surface area contributed by atoms with Crippen molar-refractivity contribution in [2.75, 3.05) is 7.05 Å². The van der Waals surface area contributed by atoms with E-state index in [4.69, 9.17) is 9.15 Å². The number of nitrogens with one attached hydrogen (secondary N) is 2. The van der Waals surface area contributed by atoms with E-state index < -0.39 is 11.9 Å². The van der Waals surface area contributed by atoms with Crippen molar-refractivity contribution in [2.24, 2.45) is 5.92 Å². The molecule has 0 radical (unpaired) electrons. The summed E-state index contributed by atoms with van der Waals surface area (Å²) in [5.41, 5.74) is 2.55. The maximum Gasteiger partial charge on any atom is 0.287 e. The summed E-state index contributed by atoms with van der Waals surface area (Å²) in [5.74, 6) is 0.802. The summed E-state index contributed by atoms with van der Waals surface area (Å²) in [6.45, 7) is 2.36. The third kappa shape index (κ3) is 5.81. The molecule has 0 aliphatic heterocycles. The number of rotatable bonds is 8. The number of furan rings is 1. The predicted octanol–water partition coefficient (Wildman–Crippen LogP) is 4.05. The number of likely N-dealkylation sites (N-methyl/N-ethyl adjacent to an activating group) is 1. The Hall–Kier alpha value is -3.68. The number of aryl methyl sites for hydroxylation is 1. The highest BCUT2D eigenvalue weighted by atomic mass is 16.5. The van der Waals surface area contributed by atoms with Crippen LogP contribution in [0, 0.1) is 12.8 Å². The van der Waals surface area contributed by atoms with Crippen molar-refractivity contribution in [3.05, 3.63) is 65.8 Å². The van der Waals surface area contributed by atoms with Crippen molar-refractivity contribution < 1.29 is 18.7 Å². The monoisotopic (exact) mass is 462 g/mol. The Morgan fingerprint density at radius 1 is 1.12 bits per heavy atom. The molecule has 0 saturated heterocycles. The fourth-order valence-electron chi connectivity index (χ4n) is 4.30. The number of nitrogens with zero attached hydrogens (tertiary/aromatic N) is 2. The van der Waals surface area contributed by atoms with Crippen molar-refractivity contribution in [3.63, 3.8) is 0 Å². The van der Waals surface area contributed by atoms with Crippen LogP contribution in [0.5, 0.6) is 5.75 Å². The van der Waals surface area contributed by atoms with Gasteiger partial charge in [-0.3, -0.25) is 14.6 Å². The van der Waals surface area contributed by atoms with Gasteiger partial charge in [-0.1, -0.05) is 19.3 Å². The van der Waals surface area contributed by atoms with Crippen LogP contribution in [0.4, 0.5) is 0 Å². The van der Waals surface area contributed by atoms with E-state index in [1.54, 1.807) is 37.6 Å². The van der Waals surface area contributed by atoms with Gasteiger partial charge in [-0.05, 0) is 67.6 Å². The van der Waals surface area contributed by atoms with Crippen LogP contribution in [-0.4, -0.2) is 34.9 Å². The van der Waals surface area contributed by atoms with Crippen molar-refractivity contribution in [1.29, 1.82) is 0 Å². The Kier molecular flexibility index (Phi) is 7.57. The molecule has 3 aromatic heterocycles. The van der Waals surface area contributed by atoms with E-state index in [0.717, 1.165) is 36.9 Å². The van der Waals surface area contributed by atoms with Gasteiger partial charge in [-0.2, -0.15) is 0 Å². The van der Waals surface area contributed by atoms with Crippen molar-refractivity contribution in [2.45, 2.75) is 51.7 Å². The second-order valence-electron chi connectivity index (χ2n) is 8.60. The van der Waals surface area contributed by atoms with Crippen LogP contribution in [0.15, 0.2) is 53.2 Å². The highest BCUT2D eigenvalue weighted by Crippen LogP contribution is 2.27. The standard InChI is InChI=1S/C26H30N4O4/c1-17-14-18(12-13-28-17)16-33-20-8-9-21(29-15-20)22-10-11-23(34-22)25(31)30-24(26(32)27-2)19-6-4-3-5-7-19/h8-15,19,24H,3-7,16H2,1-2H3,(H,27,32)(H,30,31). The fraction of sp³-hybridized carbons (Fsp3) is 0.385. The number of ether oxygens (including phenoxy) is 1. The molecule has 1 unspecified atom stereocenters. The molecule has 0 aromatic carbocycles. The second kappa shape index (κ2) is 11.0. The number of hydrogen-bond acceptors (Lipinski definition) is 6. The van der Waals surface area contributed by atoms with Crippen LogP contribution in [0.3, 0.4) is 0 Å². The van der Waals surface area contributed by atoms with Gasteiger partial charge in [-0.15, -0.1) is 0 Å². The molecule has 1 aliphatic carbocycles. The van der Waals surface area contributed by atoms with Crippen LogP contribution in [0.1, 0.15) is 53.9 Å². The number of pyridine rings is 2. The highest BCUT2D eigenvalue weighted by Gasteiger charge is 2.31. The normalized spacial score (nSPS) is 14.9. The Morgan fingerprint density at radius 2 is 1.94 bits per heavy atom. The Bertz CT molecular complexity index is 1120. The minimum Gasteiger partial charge on any atom is -0.487 e. The van der Waals surface area contributed by atoms with E-state index >= 15 is 0 Å². The number of carbonyl (C=O) groups is 2. The molecular formula is C26H30N4O4. The first kappa shape index (κ1) is 23.5. The highest BCUT2D eigenvalue weighted by molar-refractivity contribution is 5.96. The smallest absolute Gasteiger partial charge is 0.287 e. The summed E-state index contributed by atoms with van der Waals surface area (Å²) >= 11 is 0. The molecule has 2 amide bonds. The molecule has 8 heteroatoms. The first-order valence-electron chi connectivity index (χ1n) is 11.7. The van der Waals surface area contributed by atoms with E-state index in [2.05, 4.69) is 20.6 Å². The molecule has 3 heterocycles. The SMILES string of the molecule is CNC(=O)C(NC(=O)c1ccc(-c2ccc(OCc3ccnc(C)c3)cn2)o1)C1CCCCC1. The number of hydrogen-bond donors (Lipinski definition) is 2. The fourth-order valence-corrected chi connectivity index (χ4v) is 4.30. The lowest BCUT2D eigenvalue weighted by atomic mass is 9.83. The maximum atomic E-state index is 12.8. The first-order valence-corrected chi connectivity index (χ1v) is 11.7. The van der Waals surface area contributed by atoms with Crippen LogP contribution in [0.25, 0.3) is 11.5 Å². The van der Waals surface area contributed by atoms with Crippen LogP contribution in [0.2, 0.25) is 0 Å². The molecule has 2 N–H and O–H groups in total. The van der Waals surface area contributed by atoms with Crippen LogP contribution >= 0.6 is 0 Å². The van der Waals surface area contributed by atoms with Crippen LogP contribution in [-0.2, 0) is 11.4 Å². The molecule has 0 spiro atoms. The van der Waals surface area contributed by atoms with Gasteiger partial charge >= 0.3 is 0 Å². The van der Waals surface area contributed by atoms with Gasteiger partial charge in [0, 0.05) is 18.9 Å². The average molecular weight is 463 g/mol. The van der Waals surface area contributed by atoms with Gasteiger partial charge in [0.15, 0.2) is 11.5 Å². The predicted molar refractivity (Wildman–Crippen MR) is 127 cm³/mol. The Labute approximate surface area is 199 Å². The van der Waals surface area contributed by atoms with E-state index in [-0.39, 0.29) is 17.6 Å². The van der Waals surface area contributed by atoms with Gasteiger partial charge in [0.25, 0.3) is 5.91 Å². The van der Waals surface area contributed by atoms with Crippen molar-refractivity contribution in [3.8, 4) is 17.2 Å². The molecular weight excluding hydrogens is 432 g/mol. The third-order valence-corrected chi connectivity index (χ3v) is 6.12. The van der Waals surface area contributed by atoms with Crippen molar-refractivity contribution in [1.82, 2.24) is 20.6 Å². The lowest BCUT2D eigenvalue weighted by Crippen LogP contribution is -2.50. The molecule has 1 atom stereocenters. The van der Waals surface area contributed by atoms with Gasteiger partial charge in [0.1, 0.15) is 24.1 Å². The van der Waals surface area contributed by atoms with Crippen molar-refractivity contribution >= 4 is 11.8 Å². The molecule has 1 saturated carbocycles. The van der Waals surface area contributed by atoms with Crippen LogP contribution < -0.4 is 15.4 Å². The zero-order valence-electron chi connectivity index (χ0n) is 19.5. The summed E-state index contributed by atoms with van der Waals surface area (Å²) < 4.78 is 11.6. The maximum absolute atomic E-state index is 12.8. The summed E-state index contributed by atoms with van der Waals surface area (Å²) in [6, 6.07) is 10.2. The lowest BCUT2D eigenvalue weighted by Gasteiger charge is -2.29. The average Bonchev–Trinajstić information content (AvgIpc) is 3.37. The molecule has 178 valence electrons. The van der Waals surface area contributed by atoms with Gasteiger partial charge in [0.05, 0.1) is 6.20 Å². The van der Waals surface area contributed by atoms with E-state index in [0.29, 0.717) is 23.8 Å². The second-order valence-corrected chi connectivity index (χ2v) is 8.60. The minimum atomic E-state index is -0.565. The molecule has 34 heavy (non-hydrogen) atoms. The first-order chi connectivity index (χ1) is 16.5. The third-order valence-electron chi connectivity index (χ3n) is 6.12. The molecule has 4 rings (SSSR count). The van der Waals surface area contributed by atoms with Gasteiger partial charge in [0.2, 0.25) is 5.91 Å². The number of aromatic nitrogens is 2. The number of amides is 2. The van der Waals surface area contributed by atoms with Gasteiger partial charge < -0.3 is 19.8 Å². The Balaban J connectivity index is 1.38. The largest absolute Gasteiger partial charge is 0.487 e. The lowest BCUT2D eigenvalue weighted by molar-refractivity contribution is -0.124. The summed E-state index contributed by atoms with van der Waals surface area (Å²) in [4.78, 5) is 33.8. The summed E-state index contributed by atoms with van der Waals surface area (Å²) in [6.07, 6.45) is 8.57. The van der Waals surface area contributed by atoms with E-state index in [1.807, 2.05) is 25.1 Å². The molecule has 1 fully saturated rings. The Morgan fingerprint density at radius 3 is 2.65 bits per heavy atom. The molecule has 0 bridgehead atoms. The van der Waals surface area contributed by atoms with Gasteiger partial charge in [-0.25, -0.2) is 4.98 Å². The quantitative estimate of drug-likeness (QED) is 0.523. The van der Waals surface area contributed by atoms with E-state index in [1.165, 1.54) is 6.42 Å². The zero-order valence-corrected chi connectivity index (χ0v) is 19.5. The molecule has 8 nitrogen and oxygen atoms in total. The minimum absolute atomic E-state index is 0.136. The summed E-state index contributed by atoms with van der Waals surface area (Å²) in [5, 5.41) is 5.54. The van der Waals surface area contributed by atoms with E-state index in [9.17, 15) is 9.59 Å². The molecule has 3 aromatic rings. The number of carbonyl (C=O) groups excluding carboxylic acids is 2. The summed E-state index contributed by atoms with van der Waals surface area (Å²) in [7, 11) is 1.59. The topological polar surface area (TPSA) is 106 Å².